The zero-order valence-electron chi connectivity index (χ0n) is 19.4. The molecule has 4 unspecified atom stereocenters. The molecule has 2 saturated heterocycles. The Bertz CT molecular complexity index is 1400. The van der Waals surface area contributed by atoms with Crippen molar-refractivity contribution in [1.29, 1.82) is 0 Å². The van der Waals surface area contributed by atoms with Crippen molar-refractivity contribution in [3.63, 3.8) is 0 Å². The fourth-order valence-electron chi connectivity index (χ4n) is 5.68. The predicted molar refractivity (Wildman–Crippen MR) is 128 cm³/mol. The van der Waals surface area contributed by atoms with Crippen LogP contribution >= 0.6 is 0 Å². The smallest absolute Gasteiger partial charge is 0.325 e. The fraction of sp³-hybridized carbons (Fsp3) is 0.259. The Labute approximate surface area is 206 Å². The molecule has 3 aromatic rings. The zero-order valence-corrected chi connectivity index (χ0v) is 19.4. The number of nitrogens with one attached hydrogen (secondary N) is 1. The number of hydrogen-bond acceptors (Lipinski definition) is 6. The number of imide groups is 1. The molecule has 2 fully saturated rings. The lowest BCUT2D eigenvalue weighted by Crippen LogP contribution is -2.56. The minimum Gasteiger partial charge on any atom is -0.496 e. The van der Waals surface area contributed by atoms with Crippen LogP contribution in [-0.4, -0.2) is 51.5 Å². The summed E-state index contributed by atoms with van der Waals surface area (Å²) in [5.41, 5.74) is -0.949. The summed E-state index contributed by atoms with van der Waals surface area (Å²) >= 11 is 0. The number of carboxylic acid groups (broad SMARTS) is 2. The monoisotopic (exact) mass is 488 g/mol. The van der Waals surface area contributed by atoms with Crippen LogP contribution < -0.4 is 10.1 Å². The van der Waals surface area contributed by atoms with Crippen molar-refractivity contribution >= 4 is 34.5 Å². The Morgan fingerprint density at radius 3 is 2.39 bits per heavy atom. The lowest BCUT2D eigenvalue weighted by Gasteiger charge is -2.30. The van der Waals surface area contributed by atoms with Gasteiger partial charge in [-0.25, -0.2) is 0 Å². The second kappa shape index (κ2) is 8.76. The van der Waals surface area contributed by atoms with E-state index in [4.69, 9.17) is 4.74 Å². The van der Waals surface area contributed by atoms with Crippen LogP contribution in [0.2, 0.25) is 0 Å². The normalized spacial score (nSPS) is 25.2. The maximum absolute atomic E-state index is 13.8. The number of carbonyl (C=O) groups is 4. The zero-order chi connectivity index (χ0) is 25.6. The second-order valence-corrected chi connectivity index (χ2v) is 9.12. The average Bonchev–Trinajstić information content (AvgIpc) is 3.33. The van der Waals surface area contributed by atoms with Crippen LogP contribution in [0, 0.1) is 11.8 Å². The van der Waals surface area contributed by atoms with E-state index in [9.17, 15) is 29.4 Å². The summed E-state index contributed by atoms with van der Waals surface area (Å²) in [7, 11) is 1.45. The van der Waals surface area contributed by atoms with E-state index < -0.39 is 53.6 Å². The molecule has 2 aliphatic rings. The van der Waals surface area contributed by atoms with Gasteiger partial charge in [-0.05, 0) is 22.4 Å². The number of fused-ring (bicyclic) bond motifs is 2. The molecule has 36 heavy (non-hydrogen) atoms. The van der Waals surface area contributed by atoms with Crippen LogP contribution in [0.1, 0.15) is 23.6 Å². The minimum atomic E-state index is -2.16. The highest BCUT2D eigenvalue weighted by atomic mass is 16.5. The summed E-state index contributed by atoms with van der Waals surface area (Å²) in [6.45, 7) is -0.0482. The van der Waals surface area contributed by atoms with Gasteiger partial charge in [0.2, 0.25) is 11.8 Å². The number of aliphatic carboxylic acids is 2. The van der Waals surface area contributed by atoms with E-state index in [1.54, 1.807) is 24.3 Å². The molecule has 0 bridgehead atoms. The topological polar surface area (TPSA) is 133 Å². The van der Waals surface area contributed by atoms with E-state index in [2.05, 4.69) is 5.32 Å². The Morgan fingerprint density at radius 2 is 1.67 bits per heavy atom. The molecule has 0 radical (unpaired) electrons. The number of carbonyl (C=O) groups excluding carboxylic acids is 2. The largest absolute Gasteiger partial charge is 0.496 e. The quantitative estimate of drug-likeness (QED) is 0.432. The van der Waals surface area contributed by atoms with Crippen molar-refractivity contribution < 1.29 is 34.1 Å². The molecular weight excluding hydrogens is 464 g/mol. The third-order valence-corrected chi connectivity index (χ3v) is 7.24. The molecular formula is C27H24N2O7. The first-order valence-corrected chi connectivity index (χ1v) is 11.5. The maximum atomic E-state index is 13.8. The summed E-state index contributed by atoms with van der Waals surface area (Å²) in [6, 6.07) is 19.0. The third kappa shape index (κ3) is 3.51. The van der Waals surface area contributed by atoms with Gasteiger partial charge in [0, 0.05) is 11.6 Å². The van der Waals surface area contributed by atoms with Gasteiger partial charge in [-0.15, -0.1) is 0 Å². The first-order valence-electron chi connectivity index (χ1n) is 11.5. The number of benzene rings is 3. The minimum absolute atomic E-state index is 0.0482. The van der Waals surface area contributed by atoms with Gasteiger partial charge in [0.15, 0.2) is 0 Å². The highest BCUT2D eigenvalue weighted by molar-refractivity contribution is 6.10. The number of amides is 2. The van der Waals surface area contributed by atoms with Crippen molar-refractivity contribution in [1.82, 2.24) is 10.2 Å². The Hall–Kier alpha value is -4.24. The molecule has 0 saturated carbocycles. The van der Waals surface area contributed by atoms with Crippen LogP contribution in [-0.2, 0) is 25.7 Å². The summed E-state index contributed by atoms with van der Waals surface area (Å²) in [6.07, 6.45) is -0.865. The lowest BCUT2D eigenvalue weighted by atomic mass is 9.77. The van der Waals surface area contributed by atoms with Crippen molar-refractivity contribution in [2.24, 2.45) is 11.8 Å². The molecule has 184 valence electrons. The predicted octanol–water partition coefficient (Wildman–Crippen LogP) is 2.59. The SMILES string of the molecule is COc1ccccc1C1NC(CC(=O)O)(C(=O)O)C2C(=O)N(Cc3cccc4ccccc34)C(=O)C12. The highest BCUT2D eigenvalue weighted by Gasteiger charge is 2.69. The lowest BCUT2D eigenvalue weighted by molar-refractivity contribution is -0.156. The molecule has 0 aliphatic carbocycles. The van der Waals surface area contributed by atoms with Crippen molar-refractivity contribution in [3.8, 4) is 5.75 Å². The molecule has 2 amide bonds. The van der Waals surface area contributed by atoms with E-state index in [1.807, 2.05) is 42.5 Å². The van der Waals surface area contributed by atoms with Crippen LogP contribution in [0.25, 0.3) is 10.8 Å². The molecule has 0 aromatic heterocycles. The van der Waals surface area contributed by atoms with Crippen LogP contribution in [0.4, 0.5) is 0 Å². The molecule has 9 nitrogen and oxygen atoms in total. The van der Waals surface area contributed by atoms with Crippen molar-refractivity contribution in [2.45, 2.75) is 24.5 Å². The Balaban J connectivity index is 1.62. The summed E-state index contributed by atoms with van der Waals surface area (Å²) < 4.78 is 5.44. The number of rotatable bonds is 7. The number of nitrogens with zero attached hydrogens (tertiary/aromatic N) is 1. The number of methoxy groups -OCH3 is 1. The summed E-state index contributed by atoms with van der Waals surface area (Å²) in [5.74, 6) is -6.25. The van der Waals surface area contributed by atoms with E-state index in [0.717, 1.165) is 21.2 Å². The highest BCUT2D eigenvalue weighted by Crippen LogP contribution is 2.51. The Morgan fingerprint density at radius 1 is 0.972 bits per heavy atom. The van der Waals surface area contributed by atoms with E-state index >= 15 is 0 Å². The first kappa shape index (κ1) is 23.5. The van der Waals surface area contributed by atoms with Gasteiger partial charge in [0.05, 0.1) is 31.9 Å². The first-order chi connectivity index (χ1) is 17.3. The van der Waals surface area contributed by atoms with E-state index in [0.29, 0.717) is 11.3 Å². The van der Waals surface area contributed by atoms with Gasteiger partial charge in [-0.2, -0.15) is 0 Å². The summed E-state index contributed by atoms with van der Waals surface area (Å²) in [4.78, 5) is 53.0. The molecule has 3 N–H and O–H groups in total. The molecule has 4 atom stereocenters. The van der Waals surface area contributed by atoms with Gasteiger partial charge in [-0.3, -0.25) is 29.4 Å². The van der Waals surface area contributed by atoms with Gasteiger partial charge >= 0.3 is 11.9 Å². The molecule has 0 spiro atoms. The van der Waals surface area contributed by atoms with Gasteiger partial charge in [0.1, 0.15) is 11.3 Å². The molecule has 9 heteroatoms. The van der Waals surface area contributed by atoms with Crippen LogP contribution in [0.15, 0.2) is 66.7 Å². The van der Waals surface area contributed by atoms with Gasteiger partial charge < -0.3 is 14.9 Å². The van der Waals surface area contributed by atoms with Crippen molar-refractivity contribution in [3.05, 3.63) is 77.9 Å². The Kier molecular flexibility index (Phi) is 5.72. The fourth-order valence-corrected chi connectivity index (χ4v) is 5.68. The van der Waals surface area contributed by atoms with Crippen LogP contribution in [0.5, 0.6) is 5.75 Å². The molecule has 5 rings (SSSR count). The number of ether oxygens (including phenoxy) is 1. The number of para-hydroxylation sites is 1. The van der Waals surface area contributed by atoms with Gasteiger partial charge in [-0.1, -0.05) is 60.7 Å². The van der Waals surface area contributed by atoms with Crippen LogP contribution in [0.3, 0.4) is 0 Å². The number of hydrogen-bond donors (Lipinski definition) is 3. The standard InChI is InChI=1S/C27H24N2O7/c1-36-19-12-5-4-11-18(19)23-21-22(27(28-23,26(34)35)13-20(30)31)25(33)29(24(21)32)14-16-9-6-8-15-7-2-3-10-17(15)16/h2-12,21-23,28H,13-14H2,1H3,(H,30,31)(H,34,35). The molecule has 2 heterocycles. The average molecular weight is 488 g/mol. The van der Waals surface area contributed by atoms with E-state index in [1.165, 1.54) is 7.11 Å². The number of likely N-dealkylation sites (tertiary alicyclic amines) is 1. The molecule has 2 aliphatic heterocycles. The molecule has 3 aromatic carbocycles. The van der Waals surface area contributed by atoms with E-state index in [-0.39, 0.29) is 6.54 Å². The maximum Gasteiger partial charge on any atom is 0.325 e. The summed E-state index contributed by atoms with van der Waals surface area (Å²) in [5, 5.41) is 24.5. The second-order valence-electron chi connectivity index (χ2n) is 9.12. The van der Waals surface area contributed by atoms with Gasteiger partial charge in [0.25, 0.3) is 0 Å². The number of carboxylic acids is 2. The third-order valence-electron chi connectivity index (χ3n) is 7.24. The van der Waals surface area contributed by atoms with Crippen molar-refractivity contribution in [2.75, 3.05) is 7.11 Å².